The fourth-order valence-corrected chi connectivity index (χ4v) is 4.95. The number of fused-ring (bicyclic) bond motifs is 1. The Morgan fingerprint density at radius 1 is 1.06 bits per heavy atom. The zero-order valence-electron chi connectivity index (χ0n) is 18.3. The molecular formula is C27H22ClN3OS. The number of nitrogens with one attached hydrogen (secondary N) is 1. The van der Waals surface area contributed by atoms with Gasteiger partial charge in [-0.1, -0.05) is 65.7 Å². The minimum absolute atomic E-state index is 0.144. The van der Waals surface area contributed by atoms with Crippen LogP contribution in [-0.4, -0.2) is 15.6 Å². The van der Waals surface area contributed by atoms with Crippen molar-refractivity contribution >= 4 is 57.1 Å². The number of carbonyl (C=O) groups excluding carboxylic acids is 1. The third-order valence-electron chi connectivity index (χ3n) is 5.59. The zero-order valence-corrected chi connectivity index (χ0v) is 19.9. The highest BCUT2D eigenvalue weighted by Crippen LogP contribution is 2.32. The maximum Gasteiger partial charge on any atom is 0.264 e. The Balaban J connectivity index is 1.48. The molecule has 1 aliphatic rings. The summed E-state index contributed by atoms with van der Waals surface area (Å²) in [5.74, 6) is -0.144. The summed E-state index contributed by atoms with van der Waals surface area (Å²) in [6.07, 6.45) is 4.06. The predicted molar refractivity (Wildman–Crippen MR) is 139 cm³/mol. The van der Waals surface area contributed by atoms with Crippen molar-refractivity contribution in [3.8, 4) is 0 Å². The average molecular weight is 472 g/mol. The molecule has 0 saturated carbocycles. The van der Waals surface area contributed by atoms with Crippen molar-refractivity contribution in [2.45, 2.75) is 20.4 Å². The summed E-state index contributed by atoms with van der Waals surface area (Å²) >= 11 is 7.46. The molecule has 1 N–H and O–H groups in total. The molecule has 1 aromatic heterocycles. The van der Waals surface area contributed by atoms with E-state index in [4.69, 9.17) is 11.6 Å². The molecule has 164 valence electrons. The van der Waals surface area contributed by atoms with E-state index in [1.807, 2.05) is 37.3 Å². The summed E-state index contributed by atoms with van der Waals surface area (Å²) in [7, 11) is 0. The van der Waals surface area contributed by atoms with Crippen LogP contribution in [0.2, 0.25) is 5.02 Å². The number of nitrogens with zero attached hydrogens (tertiary/aromatic N) is 2. The molecule has 0 radical (unpaired) electrons. The third-order valence-corrected chi connectivity index (χ3v) is 6.73. The first-order valence-electron chi connectivity index (χ1n) is 10.7. The fourth-order valence-electron chi connectivity index (χ4n) is 3.96. The molecule has 4 nitrogen and oxygen atoms in total. The van der Waals surface area contributed by atoms with E-state index >= 15 is 0 Å². The number of rotatable bonds is 4. The van der Waals surface area contributed by atoms with E-state index in [0.717, 1.165) is 34.3 Å². The number of amidine groups is 1. The summed E-state index contributed by atoms with van der Waals surface area (Å²) in [6, 6.07) is 22.4. The molecule has 1 aliphatic heterocycles. The summed E-state index contributed by atoms with van der Waals surface area (Å²) in [5, 5.41) is 5.16. The Kier molecular flexibility index (Phi) is 5.83. The van der Waals surface area contributed by atoms with Crippen LogP contribution >= 0.6 is 23.4 Å². The van der Waals surface area contributed by atoms with Gasteiger partial charge in [0.25, 0.3) is 5.91 Å². The molecule has 0 atom stereocenters. The van der Waals surface area contributed by atoms with Gasteiger partial charge in [-0.2, -0.15) is 0 Å². The second kappa shape index (κ2) is 8.93. The molecule has 5 rings (SSSR count). The number of aromatic nitrogens is 1. The van der Waals surface area contributed by atoms with E-state index in [9.17, 15) is 4.79 Å². The zero-order chi connectivity index (χ0) is 22.9. The molecule has 2 heterocycles. The van der Waals surface area contributed by atoms with Crippen LogP contribution < -0.4 is 5.32 Å². The van der Waals surface area contributed by atoms with E-state index in [0.29, 0.717) is 15.1 Å². The normalized spacial score (nSPS) is 16.2. The highest BCUT2D eigenvalue weighted by Gasteiger charge is 2.24. The van der Waals surface area contributed by atoms with E-state index in [1.54, 1.807) is 6.07 Å². The van der Waals surface area contributed by atoms with Crippen molar-refractivity contribution in [1.82, 2.24) is 9.88 Å². The van der Waals surface area contributed by atoms with Crippen molar-refractivity contribution in [3.05, 3.63) is 105 Å². The number of benzene rings is 3. The van der Waals surface area contributed by atoms with Gasteiger partial charge in [0.15, 0.2) is 5.17 Å². The number of para-hydroxylation sites is 1. The van der Waals surface area contributed by atoms with Crippen molar-refractivity contribution in [2.24, 2.45) is 4.99 Å². The van der Waals surface area contributed by atoms with Crippen molar-refractivity contribution < 1.29 is 4.79 Å². The standard InChI is InChI=1S/C27H22ClN3OS/c1-17-6-5-7-19(12-17)15-31-16-20(22-8-3-4-9-24(22)31)13-25-26(32)30-27(33-25)29-23-14-21(28)11-10-18(23)2/h3-14,16H,15H2,1-2H3,(H,29,30,32)/b25-13-. The monoisotopic (exact) mass is 471 g/mol. The molecule has 3 aromatic carbocycles. The molecule has 1 fully saturated rings. The van der Waals surface area contributed by atoms with E-state index in [-0.39, 0.29) is 5.91 Å². The number of hydrogen-bond acceptors (Lipinski definition) is 3. The van der Waals surface area contributed by atoms with Crippen molar-refractivity contribution in [1.29, 1.82) is 0 Å². The van der Waals surface area contributed by atoms with Crippen LogP contribution in [0.5, 0.6) is 0 Å². The highest BCUT2D eigenvalue weighted by atomic mass is 35.5. The maximum atomic E-state index is 12.7. The lowest BCUT2D eigenvalue weighted by Crippen LogP contribution is -2.19. The second-order valence-electron chi connectivity index (χ2n) is 8.13. The molecule has 33 heavy (non-hydrogen) atoms. The Bertz CT molecular complexity index is 1450. The quantitative estimate of drug-likeness (QED) is 0.331. The lowest BCUT2D eigenvalue weighted by Gasteiger charge is -2.06. The van der Waals surface area contributed by atoms with Gasteiger partial charge in [0.1, 0.15) is 0 Å². The van der Waals surface area contributed by atoms with Crippen molar-refractivity contribution in [3.63, 3.8) is 0 Å². The SMILES string of the molecule is Cc1cccc(Cn2cc(/C=C3\SC(=Nc4cc(Cl)ccc4C)NC3=O)c3ccccc32)c1. The van der Waals surface area contributed by atoms with Crippen LogP contribution in [0.15, 0.2) is 82.8 Å². The van der Waals surface area contributed by atoms with Crippen LogP contribution in [0.25, 0.3) is 17.0 Å². The summed E-state index contributed by atoms with van der Waals surface area (Å²) in [5.41, 5.74) is 6.38. The first-order chi connectivity index (χ1) is 16.0. The Hall–Kier alpha value is -3.28. The number of amides is 1. The number of hydrogen-bond donors (Lipinski definition) is 1. The van der Waals surface area contributed by atoms with Crippen LogP contribution in [-0.2, 0) is 11.3 Å². The van der Waals surface area contributed by atoms with E-state index in [1.165, 1.54) is 22.9 Å². The first-order valence-corrected chi connectivity index (χ1v) is 11.8. The largest absolute Gasteiger partial charge is 0.342 e. The summed E-state index contributed by atoms with van der Waals surface area (Å²) < 4.78 is 2.23. The van der Waals surface area contributed by atoms with Crippen molar-refractivity contribution in [2.75, 3.05) is 0 Å². The van der Waals surface area contributed by atoms with Gasteiger partial charge in [-0.25, -0.2) is 4.99 Å². The smallest absolute Gasteiger partial charge is 0.264 e. The highest BCUT2D eigenvalue weighted by molar-refractivity contribution is 8.18. The summed E-state index contributed by atoms with van der Waals surface area (Å²) in [4.78, 5) is 17.9. The number of aliphatic imine (C=N–C) groups is 1. The minimum Gasteiger partial charge on any atom is -0.342 e. The lowest BCUT2D eigenvalue weighted by molar-refractivity contribution is -0.115. The molecule has 1 saturated heterocycles. The van der Waals surface area contributed by atoms with Gasteiger partial charge in [0, 0.05) is 34.2 Å². The number of aryl methyl sites for hydroxylation is 2. The third kappa shape index (κ3) is 4.61. The topological polar surface area (TPSA) is 46.4 Å². The van der Waals surface area contributed by atoms with E-state index in [2.05, 4.69) is 64.4 Å². The maximum absolute atomic E-state index is 12.7. The Morgan fingerprint density at radius 2 is 1.91 bits per heavy atom. The van der Waals surface area contributed by atoms with Gasteiger partial charge < -0.3 is 9.88 Å². The predicted octanol–water partition coefficient (Wildman–Crippen LogP) is 6.85. The molecule has 0 bridgehead atoms. The molecular weight excluding hydrogens is 450 g/mol. The first kappa shape index (κ1) is 21.6. The molecule has 0 spiro atoms. The van der Waals surface area contributed by atoms with Gasteiger partial charge in [0.05, 0.1) is 10.6 Å². The Labute approximate surface area is 202 Å². The van der Waals surface area contributed by atoms with Crippen LogP contribution in [0.3, 0.4) is 0 Å². The average Bonchev–Trinajstić information content (AvgIpc) is 3.31. The minimum atomic E-state index is -0.144. The molecule has 6 heteroatoms. The van der Waals surface area contributed by atoms with Crippen LogP contribution in [0.1, 0.15) is 22.3 Å². The molecule has 0 unspecified atom stereocenters. The number of halogens is 1. The van der Waals surface area contributed by atoms with Gasteiger partial charge in [-0.15, -0.1) is 0 Å². The molecule has 4 aromatic rings. The summed E-state index contributed by atoms with van der Waals surface area (Å²) in [6.45, 7) is 4.84. The second-order valence-corrected chi connectivity index (χ2v) is 9.60. The fraction of sp³-hybridized carbons (Fsp3) is 0.111. The van der Waals surface area contributed by atoms with Gasteiger partial charge in [0.2, 0.25) is 0 Å². The van der Waals surface area contributed by atoms with Crippen LogP contribution in [0, 0.1) is 13.8 Å². The van der Waals surface area contributed by atoms with E-state index < -0.39 is 0 Å². The Morgan fingerprint density at radius 3 is 2.76 bits per heavy atom. The lowest BCUT2D eigenvalue weighted by atomic mass is 10.1. The molecule has 1 amide bonds. The number of carbonyl (C=O) groups is 1. The number of thioether (sulfide) groups is 1. The van der Waals surface area contributed by atoms with Gasteiger partial charge in [-0.05, 0) is 61.0 Å². The van der Waals surface area contributed by atoms with Gasteiger partial charge >= 0.3 is 0 Å². The van der Waals surface area contributed by atoms with Gasteiger partial charge in [-0.3, -0.25) is 4.79 Å². The van der Waals surface area contributed by atoms with Crippen LogP contribution in [0.4, 0.5) is 5.69 Å². The molecule has 0 aliphatic carbocycles.